The molecule has 0 radical (unpaired) electrons. The molecule has 1 aliphatic rings. The number of para-hydroxylation sites is 2. The van der Waals surface area contributed by atoms with Gasteiger partial charge in [0, 0.05) is 6.07 Å². The third-order valence-corrected chi connectivity index (χ3v) is 4.85. The van der Waals surface area contributed by atoms with Crippen molar-refractivity contribution in [3.05, 3.63) is 66.7 Å². The largest absolute Gasteiger partial charge is 0.508 e. The van der Waals surface area contributed by atoms with Crippen LogP contribution in [0.2, 0.25) is 0 Å². The Bertz CT molecular complexity index is 1090. The SMILES string of the molecule is Oc1ccc(N=Nc2ccc3c(c2)OCCOCCOc2ccccc2OCCOCCO3)cc1. The highest BCUT2D eigenvalue weighted by Crippen LogP contribution is 2.33. The maximum Gasteiger partial charge on any atom is 0.163 e. The minimum atomic E-state index is 0.174. The highest BCUT2D eigenvalue weighted by Gasteiger charge is 2.09. The molecule has 0 amide bonds. The van der Waals surface area contributed by atoms with Crippen LogP contribution < -0.4 is 18.9 Å². The highest BCUT2D eigenvalue weighted by molar-refractivity contribution is 5.52. The molecule has 9 heteroatoms. The molecule has 0 bridgehead atoms. The molecular weight excluding hydrogens is 452 g/mol. The number of aromatic hydroxyl groups is 1. The maximum atomic E-state index is 9.40. The van der Waals surface area contributed by atoms with E-state index in [1.54, 1.807) is 42.5 Å². The molecule has 0 aliphatic carbocycles. The molecule has 0 saturated carbocycles. The zero-order valence-corrected chi connectivity index (χ0v) is 19.3. The zero-order valence-electron chi connectivity index (χ0n) is 19.3. The Morgan fingerprint density at radius 1 is 0.486 bits per heavy atom. The first-order valence-electron chi connectivity index (χ1n) is 11.4. The minimum Gasteiger partial charge on any atom is -0.508 e. The van der Waals surface area contributed by atoms with Crippen molar-refractivity contribution in [1.29, 1.82) is 0 Å². The Kier molecular flexibility index (Phi) is 9.14. The van der Waals surface area contributed by atoms with Gasteiger partial charge in [0.25, 0.3) is 0 Å². The molecule has 1 heterocycles. The zero-order chi connectivity index (χ0) is 24.1. The van der Waals surface area contributed by atoms with Crippen LogP contribution in [0.1, 0.15) is 0 Å². The normalized spacial score (nSPS) is 15.8. The predicted octanol–water partition coefficient (Wildman–Crippen LogP) is 5.07. The first-order valence-corrected chi connectivity index (χ1v) is 11.4. The fraction of sp³-hybridized carbons (Fsp3) is 0.308. The second-order valence-corrected chi connectivity index (χ2v) is 7.41. The van der Waals surface area contributed by atoms with Gasteiger partial charge in [-0.05, 0) is 48.5 Å². The number of rotatable bonds is 2. The van der Waals surface area contributed by atoms with E-state index < -0.39 is 0 Å². The van der Waals surface area contributed by atoms with Crippen molar-refractivity contribution in [2.24, 2.45) is 10.2 Å². The monoisotopic (exact) mass is 480 g/mol. The van der Waals surface area contributed by atoms with Crippen LogP contribution in [0.5, 0.6) is 28.7 Å². The first kappa shape index (κ1) is 24.3. The number of phenolic OH excluding ortho intramolecular Hbond substituents is 1. The van der Waals surface area contributed by atoms with E-state index in [2.05, 4.69) is 10.2 Å². The van der Waals surface area contributed by atoms with Gasteiger partial charge < -0.3 is 33.5 Å². The molecule has 3 aromatic carbocycles. The summed E-state index contributed by atoms with van der Waals surface area (Å²) in [5.41, 5.74) is 1.22. The molecule has 0 atom stereocenters. The van der Waals surface area contributed by atoms with Crippen LogP contribution in [0.15, 0.2) is 77.0 Å². The molecular formula is C26H28N2O7. The van der Waals surface area contributed by atoms with Crippen LogP contribution in [0.4, 0.5) is 11.4 Å². The van der Waals surface area contributed by atoms with E-state index in [0.29, 0.717) is 87.2 Å². The highest BCUT2D eigenvalue weighted by atomic mass is 16.6. The Morgan fingerprint density at radius 2 is 0.943 bits per heavy atom. The Hall–Kier alpha value is -3.82. The fourth-order valence-corrected chi connectivity index (χ4v) is 3.16. The van der Waals surface area contributed by atoms with Gasteiger partial charge in [-0.3, -0.25) is 0 Å². The van der Waals surface area contributed by atoms with Gasteiger partial charge in [-0.25, -0.2) is 0 Å². The molecule has 3 aromatic rings. The van der Waals surface area contributed by atoms with Gasteiger partial charge in [0.1, 0.15) is 32.2 Å². The topological polar surface area (TPSA) is 100 Å². The van der Waals surface area contributed by atoms with Gasteiger partial charge in [0.15, 0.2) is 23.0 Å². The third kappa shape index (κ3) is 7.87. The van der Waals surface area contributed by atoms with Crippen molar-refractivity contribution < 1.29 is 33.5 Å². The summed E-state index contributed by atoms with van der Waals surface area (Å²) in [6.07, 6.45) is 0. The molecule has 184 valence electrons. The van der Waals surface area contributed by atoms with Gasteiger partial charge in [0.05, 0.1) is 37.8 Å². The van der Waals surface area contributed by atoms with Crippen LogP contribution in [-0.2, 0) is 9.47 Å². The number of phenols is 1. The molecule has 1 aliphatic heterocycles. The summed E-state index contributed by atoms with van der Waals surface area (Å²) in [4.78, 5) is 0. The summed E-state index contributed by atoms with van der Waals surface area (Å²) in [6, 6.07) is 19.3. The molecule has 0 unspecified atom stereocenters. The molecule has 0 spiro atoms. The van der Waals surface area contributed by atoms with E-state index in [-0.39, 0.29) is 5.75 Å². The predicted molar refractivity (Wildman–Crippen MR) is 129 cm³/mol. The smallest absolute Gasteiger partial charge is 0.163 e. The number of benzene rings is 3. The standard InChI is InChI=1S/C26H28N2O7/c29-22-8-5-20(6-9-22)27-28-21-7-10-25-26(19-21)35-18-14-31-12-16-33-24-4-2-1-3-23(24)32-15-11-30-13-17-34-25/h1-10,19,29H,11-18H2. The first-order chi connectivity index (χ1) is 17.3. The summed E-state index contributed by atoms with van der Waals surface area (Å²) >= 11 is 0. The number of azo groups is 1. The van der Waals surface area contributed by atoms with E-state index in [1.807, 2.05) is 24.3 Å². The van der Waals surface area contributed by atoms with Crippen molar-refractivity contribution >= 4 is 11.4 Å². The lowest BCUT2D eigenvalue weighted by atomic mass is 10.3. The molecule has 35 heavy (non-hydrogen) atoms. The van der Waals surface area contributed by atoms with Gasteiger partial charge in [-0.15, -0.1) is 0 Å². The lowest BCUT2D eigenvalue weighted by Crippen LogP contribution is -2.15. The second kappa shape index (κ2) is 13.2. The average Bonchev–Trinajstić information content (AvgIpc) is 2.88. The van der Waals surface area contributed by atoms with E-state index in [0.717, 1.165) is 0 Å². The summed E-state index contributed by atoms with van der Waals surface area (Å²) in [5.74, 6) is 2.62. The van der Waals surface area contributed by atoms with Gasteiger partial charge >= 0.3 is 0 Å². The summed E-state index contributed by atoms with van der Waals surface area (Å²) in [6.45, 7) is 3.05. The molecule has 0 aromatic heterocycles. The number of hydrogen-bond acceptors (Lipinski definition) is 9. The number of hydrogen-bond donors (Lipinski definition) is 1. The molecule has 4 rings (SSSR count). The summed E-state index contributed by atoms with van der Waals surface area (Å²) in [7, 11) is 0. The number of nitrogens with zero attached hydrogens (tertiary/aromatic N) is 2. The second-order valence-electron chi connectivity index (χ2n) is 7.41. The summed E-state index contributed by atoms with van der Waals surface area (Å²) in [5, 5.41) is 17.8. The van der Waals surface area contributed by atoms with Crippen molar-refractivity contribution in [2.45, 2.75) is 0 Å². The van der Waals surface area contributed by atoms with Crippen molar-refractivity contribution in [3.63, 3.8) is 0 Å². The Labute approximate surface area is 203 Å². The summed E-state index contributed by atoms with van der Waals surface area (Å²) < 4.78 is 34.6. The van der Waals surface area contributed by atoms with Gasteiger partial charge in [-0.1, -0.05) is 12.1 Å². The van der Waals surface area contributed by atoms with Gasteiger partial charge in [-0.2, -0.15) is 10.2 Å². The molecule has 0 saturated heterocycles. The van der Waals surface area contributed by atoms with Crippen molar-refractivity contribution in [1.82, 2.24) is 0 Å². The molecule has 9 nitrogen and oxygen atoms in total. The van der Waals surface area contributed by atoms with Crippen LogP contribution >= 0.6 is 0 Å². The Morgan fingerprint density at radius 3 is 1.51 bits per heavy atom. The molecule has 1 N–H and O–H groups in total. The van der Waals surface area contributed by atoms with Crippen molar-refractivity contribution in [2.75, 3.05) is 52.9 Å². The Balaban J connectivity index is 1.38. The van der Waals surface area contributed by atoms with E-state index in [9.17, 15) is 5.11 Å². The van der Waals surface area contributed by atoms with Crippen molar-refractivity contribution in [3.8, 4) is 28.7 Å². The minimum absolute atomic E-state index is 0.174. The van der Waals surface area contributed by atoms with Crippen LogP contribution in [0.25, 0.3) is 0 Å². The van der Waals surface area contributed by atoms with Crippen LogP contribution in [-0.4, -0.2) is 58.0 Å². The van der Waals surface area contributed by atoms with Crippen LogP contribution in [0, 0.1) is 0 Å². The quantitative estimate of drug-likeness (QED) is 0.511. The third-order valence-electron chi connectivity index (χ3n) is 4.85. The van der Waals surface area contributed by atoms with Gasteiger partial charge in [0.2, 0.25) is 0 Å². The van der Waals surface area contributed by atoms with E-state index in [1.165, 1.54) is 0 Å². The lowest BCUT2D eigenvalue weighted by molar-refractivity contribution is 0.0640. The maximum absolute atomic E-state index is 9.40. The number of fused-ring (bicyclic) bond motifs is 2. The van der Waals surface area contributed by atoms with E-state index in [4.69, 9.17) is 28.4 Å². The average molecular weight is 481 g/mol. The van der Waals surface area contributed by atoms with Crippen LogP contribution in [0.3, 0.4) is 0 Å². The van der Waals surface area contributed by atoms with E-state index >= 15 is 0 Å². The lowest BCUT2D eigenvalue weighted by Gasteiger charge is -2.15. The molecule has 0 fully saturated rings. The fourth-order valence-electron chi connectivity index (χ4n) is 3.16. The number of ether oxygens (including phenoxy) is 6.